The minimum absolute atomic E-state index is 0.143. The molecule has 1 aromatic carbocycles. The van der Waals surface area contributed by atoms with Crippen LogP contribution in [0.4, 0.5) is 5.82 Å². The first-order chi connectivity index (χ1) is 13.0. The number of aliphatic hydroxyl groups excluding tert-OH is 3. The lowest BCUT2D eigenvalue weighted by atomic mass is 9.92. The Morgan fingerprint density at radius 3 is 2.56 bits per heavy atom. The zero-order chi connectivity index (χ0) is 19.1. The molecule has 27 heavy (non-hydrogen) atoms. The van der Waals surface area contributed by atoms with Crippen LogP contribution in [-0.2, 0) is 0 Å². The zero-order valence-corrected chi connectivity index (χ0v) is 14.8. The minimum Gasteiger partial charge on any atom is -0.390 e. The molecule has 0 spiro atoms. The van der Waals surface area contributed by atoms with E-state index >= 15 is 0 Å². The topological polar surface area (TPSA) is 137 Å². The second-order valence-electron chi connectivity index (χ2n) is 6.60. The number of aliphatic hydroxyl groups is 3. The highest BCUT2D eigenvalue weighted by atomic mass is 35.5. The molecule has 2 aromatic heterocycles. The van der Waals surface area contributed by atoms with Crippen molar-refractivity contribution >= 4 is 28.6 Å². The number of aromatic nitrogens is 4. The molecule has 1 fully saturated rings. The van der Waals surface area contributed by atoms with Gasteiger partial charge in [-0.05, 0) is 24.1 Å². The van der Waals surface area contributed by atoms with Gasteiger partial charge in [-0.1, -0.05) is 23.7 Å². The number of anilines is 1. The quantitative estimate of drug-likeness (QED) is 0.420. The zero-order valence-electron chi connectivity index (χ0n) is 14.0. The van der Waals surface area contributed by atoms with Gasteiger partial charge in [-0.3, -0.25) is 10.7 Å². The van der Waals surface area contributed by atoms with E-state index in [1.807, 2.05) is 5.48 Å². The van der Waals surface area contributed by atoms with Gasteiger partial charge in [0.1, 0.15) is 12.4 Å². The lowest BCUT2D eigenvalue weighted by molar-refractivity contribution is -0.0264. The number of rotatable bonds is 4. The number of benzene rings is 1. The molecule has 5 atom stereocenters. The second-order valence-corrected chi connectivity index (χ2v) is 7.04. The number of nitrogens with zero attached hydrogens (tertiary/aromatic N) is 4. The van der Waals surface area contributed by atoms with E-state index in [4.69, 9.17) is 16.8 Å². The fourth-order valence-electron chi connectivity index (χ4n) is 3.72. The highest BCUT2D eigenvalue weighted by Crippen LogP contribution is 2.43. The third-order valence-corrected chi connectivity index (χ3v) is 5.39. The molecule has 0 amide bonds. The molecule has 0 radical (unpaired) electrons. The van der Waals surface area contributed by atoms with Gasteiger partial charge in [0.2, 0.25) is 0 Å². The smallest absolute Gasteiger partial charge is 0.181 e. The Labute approximate surface area is 158 Å². The highest BCUT2D eigenvalue weighted by molar-refractivity contribution is 6.30. The summed E-state index contributed by atoms with van der Waals surface area (Å²) in [6, 6.07) is 6.17. The van der Waals surface area contributed by atoms with Crippen LogP contribution in [0.25, 0.3) is 11.2 Å². The second kappa shape index (κ2) is 7.02. The van der Waals surface area contributed by atoms with E-state index < -0.39 is 30.3 Å². The van der Waals surface area contributed by atoms with Crippen LogP contribution in [0.2, 0.25) is 5.02 Å². The molecule has 0 bridgehead atoms. The van der Waals surface area contributed by atoms with Crippen molar-refractivity contribution in [2.45, 2.75) is 30.8 Å². The van der Waals surface area contributed by atoms with Crippen molar-refractivity contribution in [2.75, 3.05) is 5.48 Å². The summed E-state index contributed by atoms with van der Waals surface area (Å²) in [6.07, 6.45) is -0.167. The average Bonchev–Trinajstić information content (AvgIpc) is 3.23. The maximum Gasteiger partial charge on any atom is 0.181 e. The van der Waals surface area contributed by atoms with E-state index in [9.17, 15) is 15.3 Å². The predicted octanol–water partition coefficient (Wildman–Crippen LogP) is 1.30. The SMILES string of the molecule is ONc1ncnc2c1ncn2[C@@H]1C[C@H]([C@H](O)c2ccc(Cl)cc2)[C@@H](O)[C@H]1O. The van der Waals surface area contributed by atoms with Crippen molar-refractivity contribution in [1.82, 2.24) is 19.5 Å². The Morgan fingerprint density at radius 1 is 1.11 bits per heavy atom. The Balaban J connectivity index is 1.65. The molecule has 2 heterocycles. The lowest BCUT2D eigenvalue weighted by Crippen LogP contribution is -2.31. The summed E-state index contributed by atoms with van der Waals surface area (Å²) in [6.45, 7) is 0. The molecule has 142 valence electrons. The van der Waals surface area contributed by atoms with Gasteiger partial charge < -0.3 is 19.9 Å². The van der Waals surface area contributed by atoms with Crippen LogP contribution in [0.1, 0.15) is 24.1 Å². The number of imidazole rings is 1. The van der Waals surface area contributed by atoms with Crippen molar-refractivity contribution in [3.8, 4) is 0 Å². The number of fused-ring (bicyclic) bond motifs is 1. The summed E-state index contributed by atoms with van der Waals surface area (Å²) >= 11 is 5.88. The molecular formula is C17H18ClN5O4. The first-order valence-corrected chi connectivity index (χ1v) is 8.76. The van der Waals surface area contributed by atoms with E-state index in [1.54, 1.807) is 28.8 Å². The van der Waals surface area contributed by atoms with Crippen LogP contribution in [-0.4, -0.2) is 52.3 Å². The molecule has 0 unspecified atom stereocenters. The van der Waals surface area contributed by atoms with Gasteiger partial charge in [0.05, 0.1) is 24.6 Å². The van der Waals surface area contributed by atoms with E-state index in [1.165, 1.54) is 12.7 Å². The molecule has 0 aliphatic heterocycles. The van der Waals surface area contributed by atoms with Crippen LogP contribution < -0.4 is 5.48 Å². The molecule has 5 N–H and O–H groups in total. The summed E-state index contributed by atoms with van der Waals surface area (Å²) < 4.78 is 1.63. The Kier molecular flexibility index (Phi) is 4.70. The van der Waals surface area contributed by atoms with Crippen LogP contribution in [0.3, 0.4) is 0 Å². The van der Waals surface area contributed by atoms with Crippen LogP contribution in [0.15, 0.2) is 36.9 Å². The molecule has 1 aliphatic rings. The molecule has 4 rings (SSSR count). The standard InChI is InChI=1S/C17H18ClN5O4/c18-9-3-1-8(2-4-9)13(24)10-5-11(15(26)14(10)25)23-7-21-12-16(22-27)19-6-20-17(12)23/h1-4,6-7,10-11,13-15,24-27H,5H2,(H,19,20,22)/t10-,11-,13-,14-,15+/m1/s1. The average molecular weight is 392 g/mol. The first-order valence-electron chi connectivity index (χ1n) is 8.38. The van der Waals surface area contributed by atoms with Crippen molar-refractivity contribution in [2.24, 2.45) is 5.92 Å². The maximum atomic E-state index is 10.7. The molecule has 9 nitrogen and oxygen atoms in total. The third kappa shape index (κ3) is 3.03. The predicted molar refractivity (Wildman–Crippen MR) is 96.3 cm³/mol. The monoisotopic (exact) mass is 391 g/mol. The van der Waals surface area contributed by atoms with E-state index in [-0.39, 0.29) is 5.82 Å². The van der Waals surface area contributed by atoms with E-state index in [0.29, 0.717) is 28.2 Å². The van der Waals surface area contributed by atoms with Gasteiger partial charge in [-0.25, -0.2) is 15.0 Å². The van der Waals surface area contributed by atoms with Crippen LogP contribution >= 0.6 is 11.6 Å². The highest BCUT2D eigenvalue weighted by Gasteiger charge is 2.46. The summed E-state index contributed by atoms with van der Waals surface area (Å²) in [4.78, 5) is 12.2. The van der Waals surface area contributed by atoms with Gasteiger partial charge in [-0.2, -0.15) is 0 Å². The third-order valence-electron chi connectivity index (χ3n) is 5.14. The minimum atomic E-state index is -1.13. The summed E-state index contributed by atoms with van der Waals surface area (Å²) in [5, 5.41) is 41.5. The van der Waals surface area contributed by atoms with Crippen LogP contribution in [0, 0.1) is 5.92 Å². The van der Waals surface area contributed by atoms with Gasteiger partial charge in [0.15, 0.2) is 17.0 Å². The van der Waals surface area contributed by atoms with Crippen LogP contribution in [0.5, 0.6) is 0 Å². The number of nitrogens with one attached hydrogen (secondary N) is 1. The van der Waals surface area contributed by atoms with E-state index in [0.717, 1.165) is 0 Å². The Hall–Kier alpha value is -2.30. The fraction of sp³-hybridized carbons (Fsp3) is 0.353. The number of hydrogen-bond donors (Lipinski definition) is 5. The van der Waals surface area contributed by atoms with Crippen molar-refractivity contribution in [3.05, 3.63) is 47.5 Å². The fourth-order valence-corrected chi connectivity index (χ4v) is 3.84. The molecule has 10 heteroatoms. The molecule has 0 saturated heterocycles. The van der Waals surface area contributed by atoms with Gasteiger partial charge in [-0.15, -0.1) is 0 Å². The first kappa shape index (κ1) is 18.1. The van der Waals surface area contributed by atoms with Gasteiger partial charge in [0, 0.05) is 10.9 Å². The summed E-state index contributed by atoms with van der Waals surface area (Å²) in [5.74, 6) is -0.439. The van der Waals surface area contributed by atoms with Crippen molar-refractivity contribution in [1.29, 1.82) is 0 Å². The Morgan fingerprint density at radius 2 is 1.85 bits per heavy atom. The normalized spacial score (nSPS) is 26.4. The summed E-state index contributed by atoms with van der Waals surface area (Å²) in [7, 11) is 0. The molecule has 3 aromatic rings. The number of halogens is 1. The van der Waals surface area contributed by atoms with Crippen molar-refractivity contribution in [3.63, 3.8) is 0 Å². The van der Waals surface area contributed by atoms with Crippen molar-refractivity contribution < 1.29 is 20.5 Å². The summed E-state index contributed by atoms with van der Waals surface area (Å²) in [5.41, 5.74) is 3.31. The lowest BCUT2D eigenvalue weighted by Gasteiger charge is -2.22. The van der Waals surface area contributed by atoms with E-state index in [2.05, 4.69) is 15.0 Å². The molecular weight excluding hydrogens is 374 g/mol. The maximum absolute atomic E-state index is 10.7. The Bertz CT molecular complexity index is 950. The number of hydrogen-bond acceptors (Lipinski definition) is 8. The molecule has 1 saturated carbocycles. The van der Waals surface area contributed by atoms with Gasteiger partial charge >= 0.3 is 0 Å². The van der Waals surface area contributed by atoms with Gasteiger partial charge in [0.25, 0.3) is 0 Å². The largest absolute Gasteiger partial charge is 0.390 e. The molecule has 1 aliphatic carbocycles.